The fraction of sp³-hybridized carbons (Fsp3) is 0.353. The van der Waals surface area contributed by atoms with Gasteiger partial charge in [0.15, 0.2) is 0 Å². The highest BCUT2D eigenvalue weighted by atomic mass is 35.5. The minimum atomic E-state index is -0.263. The summed E-state index contributed by atoms with van der Waals surface area (Å²) in [7, 11) is 0. The van der Waals surface area contributed by atoms with Crippen LogP contribution in [0.15, 0.2) is 47.3 Å². The summed E-state index contributed by atoms with van der Waals surface area (Å²) in [6, 6.07) is 12.9. The highest BCUT2D eigenvalue weighted by molar-refractivity contribution is 5.85. The quantitative estimate of drug-likeness (QED) is 0.903. The van der Waals surface area contributed by atoms with Crippen LogP contribution in [0.1, 0.15) is 6.92 Å². The Morgan fingerprint density at radius 3 is 2.71 bits per heavy atom. The van der Waals surface area contributed by atoms with Crippen molar-refractivity contribution in [1.29, 1.82) is 0 Å². The van der Waals surface area contributed by atoms with Crippen LogP contribution in [0, 0.1) is 0 Å². The first kappa shape index (κ1) is 18.2. The molecule has 1 fully saturated rings. The zero-order valence-corrected chi connectivity index (χ0v) is 14.3. The van der Waals surface area contributed by atoms with Gasteiger partial charge in [0.05, 0.1) is 5.69 Å². The van der Waals surface area contributed by atoms with Crippen LogP contribution in [0.25, 0.3) is 11.3 Å². The molecule has 1 amide bonds. The molecule has 0 bridgehead atoms. The van der Waals surface area contributed by atoms with Crippen LogP contribution >= 0.6 is 12.4 Å². The van der Waals surface area contributed by atoms with E-state index in [4.69, 9.17) is 0 Å². The van der Waals surface area contributed by atoms with Crippen LogP contribution in [0.3, 0.4) is 0 Å². The average molecular weight is 349 g/mol. The molecule has 1 aliphatic heterocycles. The van der Waals surface area contributed by atoms with E-state index >= 15 is 0 Å². The van der Waals surface area contributed by atoms with E-state index in [-0.39, 0.29) is 36.5 Å². The summed E-state index contributed by atoms with van der Waals surface area (Å²) >= 11 is 0. The van der Waals surface area contributed by atoms with E-state index in [0.29, 0.717) is 12.2 Å². The van der Waals surface area contributed by atoms with Gasteiger partial charge in [0.2, 0.25) is 5.91 Å². The highest BCUT2D eigenvalue weighted by Crippen LogP contribution is 2.14. The summed E-state index contributed by atoms with van der Waals surface area (Å²) in [5.74, 6) is -0.0705. The standard InChI is InChI=1S/C17H20N4O2.ClH/c1-13-11-18-9-10-20(13)17(23)12-21-16(22)8-7-15(19-21)14-5-3-2-4-6-14;/h2-8,13,18H,9-12H2,1H3;1H/t13-;/m0./s1. The predicted molar refractivity (Wildman–Crippen MR) is 95.2 cm³/mol. The molecule has 2 heterocycles. The first-order valence-corrected chi connectivity index (χ1v) is 7.79. The summed E-state index contributed by atoms with van der Waals surface area (Å²) in [6.07, 6.45) is 0. The lowest BCUT2D eigenvalue weighted by Gasteiger charge is -2.34. The molecule has 24 heavy (non-hydrogen) atoms. The number of benzene rings is 1. The van der Waals surface area contributed by atoms with Crippen LogP contribution in [0.5, 0.6) is 0 Å². The Labute approximate surface area is 146 Å². The number of aromatic nitrogens is 2. The van der Waals surface area contributed by atoms with Gasteiger partial charge >= 0.3 is 0 Å². The zero-order chi connectivity index (χ0) is 16.2. The van der Waals surface area contributed by atoms with Crippen LogP contribution in [-0.4, -0.2) is 46.3 Å². The topological polar surface area (TPSA) is 67.2 Å². The fourth-order valence-electron chi connectivity index (χ4n) is 2.76. The molecule has 0 unspecified atom stereocenters. The molecular formula is C17H21ClN4O2. The zero-order valence-electron chi connectivity index (χ0n) is 13.5. The second kappa shape index (κ2) is 8.08. The van der Waals surface area contributed by atoms with Gasteiger partial charge in [-0.2, -0.15) is 5.10 Å². The largest absolute Gasteiger partial charge is 0.336 e. The van der Waals surface area contributed by atoms with Gasteiger partial charge in [0.1, 0.15) is 6.54 Å². The molecule has 0 spiro atoms. The van der Waals surface area contributed by atoms with Gasteiger partial charge in [-0.25, -0.2) is 4.68 Å². The molecule has 0 radical (unpaired) electrons. The van der Waals surface area contributed by atoms with Crippen molar-refractivity contribution in [2.75, 3.05) is 19.6 Å². The molecule has 1 aliphatic rings. The summed E-state index contributed by atoms with van der Waals surface area (Å²) in [5, 5.41) is 7.59. The van der Waals surface area contributed by atoms with Gasteiger partial charge in [0.25, 0.3) is 5.56 Å². The lowest BCUT2D eigenvalue weighted by atomic mass is 10.1. The molecule has 1 saturated heterocycles. The molecule has 1 N–H and O–H groups in total. The molecule has 1 aromatic heterocycles. The van der Waals surface area contributed by atoms with E-state index in [1.54, 1.807) is 11.0 Å². The first-order valence-electron chi connectivity index (χ1n) is 7.79. The summed E-state index contributed by atoms with van der Waals surface area (Å²) in [4.78, 5) is 26.3. The maximum absolute atomic E-state index is 12.5. The van der Waals surface area contributed by atoms with Gasteiger partial charge in [-0.15, -0.1) is 12.4 Å². The van der Waals surface area contributed by atoms with Gasteiger partial charge in [-0.1, -0.05) is 30.3 Å². The molecule has 6 nitrogen and oxygen atoms in total. The number of carbonyl (C=O) groups is 1. The SMILES string of the molecule is C[C@H]1CNCCN1C(=O)Cn1nc(-c2ccccc2)ccc1=O.Cl. The van der Waals surface area contributed by atoms with Gasteiger partial charge in [-0.05, 0) is 13.0 Å². The molecule has 7 heteroatoms. The van der Waals surface area contributed by atoms with Crippen LogP contribution in [0.4, 0.5) is 0 Å². The van der Waals surface area contributed by atoms with Crippen molar-refractivity contribution in [2.24, 2.45) is 0 Å². The number of nitrogens with zero attached hydrogens (tertiary/aromatic N) is 3. The van der Waals surface area contributed by atoms with E-state index in [1.807, 2.05) is 37.3 Å². The van der Waals surface area contributed by atoms with Crippen molar-refractivity contribution in [3.8, 4) is 11.3 Å². The Morgan fingerprint density at radius 2 is 2.00 bits per heavy atom. The predicted octanol–water partition coefficient (Wildman–Crippen LogP) is 1.15. The average Bonchev–Trinajstić information content (AvgIpc) is 2.58. The normalized spacial score (nSPS) is 17.2. The van der Waals surface area contributed by atoms with Gasteiger partial charge in [-0.3, -0.25) is 9.59 Å². The third kappa shape index (κ3) is 4.01. The summed E-state index contributed by atoms with van der Waals surface area (Å²) in [6.45, 7) is 4.19. The second-order valence-corrected chi connectivity index (χ2v) is 5.72. The Balaban J connectivity index is 0.00000208. The number of piperazine rings is 1. The molecule has 1 aromatic carbocycles. The van der Waals surface area contributed by atoms with Crippen molar-refractivity contribution in [3.63, 3.8) is 0 Å². The third-order valence-electron chi connectivity index (χ3n) is 4.04. The monoisotopic (exact) mass is 348 g/mol. The third-order valence-corrected chi connectivity index (χ3v) is 4.04. The molecule has 3 rings (SSSR count). The summed E-state index contributed by atoms with van der Waals surface area (Å²) in [5.41, 5.74) is 1.34. The Hall–Kier alpha value is -2.18. The van der Waals surface area contributed by atoms with E-state index in [9.17, 15) is 9.59 Å². The molecule has 1 atom stereocenters. The highest BCUT2D eigenvalue weighted by Gasteiger charge is 2.23. The first-order chi connectivity index (χ1) is 11.1. The van der Waals surface area contributed by atoms with Crippen LogP contribution in [0.2, 0.25) is 0 Å². The summed E-state index contributed by atoms with van der Waals surface area (Å²) < 4.78 is 1.25. The maximum Gasteiger partial charge on any atom is 0.267 e. The van der Waals surface area contributed by atoms with Crippen LogP contribution in [-0.2, 0) is 11.3 Å². The molecular weight excluding hydrogens is 328 g/mol. The number of rotatable bonds is 3. The number of hydrogen-bond donors (Lipinski definition) is 1. The fourth-order valence-corrected chi connectivity index (χ4v) is 2.76. The maximum atomic E-state index is 12.5. The minimum absolute atomic E-state index is 0. The van der Waals surface area contributed by atoms with Gasteiger partial charge in [0, 0.05) is 37.3 Å². The van der Waals surface area contributed by atoms with Crippen LogP contribution < -0.4 is 10.9 Å². The Bertz CT molecular complexity index is 748. The number of carbonyl (C=O) groups excluding carboxylic acids is 1. The molecule has 0 aliphatic carbocycles. The van der Waals surface area contributed by atoms with E-state index in [2.05, 4.69) is 10.4 Å². The van der Waals surface area contributed by atoms with Crippen molar-refractivity contribution in [2.45, 2.75) is 19.5 Å². The number of hydrogen-bond acceptors (Lipinski definition) is 4. The molecule has 0 saturated carbocycles. The van der Waals surface area contributed by atoms with E-state index in [0.717, 1.165) is 18.7 Å². The van der Waals surface area contributed by atoms with E-state index < -0.39 is 0 Å². The second-order valence-electron chi connectivity index (χ2n) is 5.72. The lowest BCUT2D eigenvalue weighted by Crippen LogP contribution is -2.53. The van der Waals surface area contributed by atoms with Crippen molar-refractivity contribution in [3.05, 3.63) is 52.8 Å². The number of nitrogens with one attached hydrogen (secondary N) is 1. The Morgan fingerprint density at radius 1 is 1.25 bits per heavy atom. The van der Waals surface area contributed by atoms with Crippen molar-refractivity contribution < 1.29 is 4.79 Å². The smallest absolute Gasteiger partial charge is 0.267 e. The van der Waals surface area contributed by atoms with Crippen molar-refractivity contribution >= 4 is 18.3 Å². The van der Waals surface area contributed by atoms with Crippen molar-refractivity contribution in [1.82, 2.24) is 20.0 Å². The lowest BCUT2D eigenvalue weighted by molar-refractivity contribution is -0.134. The number of amides is 1. The number of halogens is 1. The van der Waals surface area contributed by atoms with E-state index in [1.165, 1.54) is 10.7 Å². The minimum Gasteiger partial charge on any atom is -0.336 e. The Kier molecular flexibility index (Phi) is 6.11. The molecule has 2 aromatic rings. The van der Waals surface area contributed by atoms with Gasteiger partial charge < -0.3 is 10.2 Å². The molecule has 128 valence electrons.